The Balaban J connectivity index is 1.99. The highest BCUT2D eigenvalue weighted by molar-refractivity contribution is 7.99. The van der Waals surface area contributed by atoms with Crippen molar-refractivity contribution in [3.8, 4) is 5.75 Å². The van der Waals surface area contributed by atoms with E-state index in [2.05, 4.69) is 14.9 Å². The molecule has 0 atom stereocenters. The van der Waals surface area contributed by atoms with Gasteiger partial charge in [-0.15, -0.1) is 10.2 Å². The van der Waals surface area contributed by atoms with E-state index < -0.39 is 16.0 Å². The summed E-state index contributed by atoms with van der Waals surface area (Å²) in [6.45, 7) is 0. The van der Waals surface area contributed by atoms with Gasteiger partial charge in [0.1, 0.15) is 17.0 Å². The number of para-hydroxylation sites is 1. The number of aromatic carboxylic acids is 1. The number of nitrogens with one attached hydrogen (secondary N) is 1. The summed E-state index contributed by atoms with van der Waals surface area (Å²) in [4.78, 5) is 11.6. The lowest BCUT2D eigenvalue weighted by Crippen LogP contribution is -2.15. The Morgan fingerprint density at radius 1 is 1.25 bits per heavy atom. The maximum atomic E-state index is 13.0. The number of aromatic nitrogens is 3. The molecular weight excluding hydrogens is 404 g/mol. The largest absolute Gasteiger partial charge is 0.495 e. The number of nitrogens with zero attached hydrogens (tertiary/aromatic N) is 3. The lowest BCUT2D eigenvalue weighted by Gasteiger charge is -2.14. The number of benzene rings is 2. The fraction of sp³-hybridized carbons (Fsp3) is 0.118. The van der Waals surface area contributed by atoms with Gasteiger partial charge in [-0.05, 0) is 42.1 Å². The number of carbonyl (C=O) groups is 1. The van der Waals surface area contributed by atoms with Crippen LogP contribution in [0.1, 0.15) is 10.4 Å². The molecule has 146 valence electrons. The first-order chi connectivity index (χ1) is 13.3. The Bertz CT molecular complexity index is 1130. The van der Waals surface area contributed by atoms with Crippen molar-refractivity contribution in [3.63, 3.8) is 0 Å². The summed E-state index contributed by atoms with van der Waals surface area (Å²) in [6.07, 6.45) is 1.54. The van der Waals surface area contributed by atoms with Gasteiger partial charge in [0.15, 0.2) is 5.16 Å². The highest BCUT2D eigenvalue weighted by atomic mass is 32.2. The topological polar surface area (TPSA) is 123 Å². The van der Waals surface area contributed by atoms with Crippen molar-refractivity contribution in [2.24, 2.45) is 7.05 Å². The summed E-state index contributed by atoms with van der Waals surface area (Å²) in [6, 6.07) is 10.4. The predicted molar refractivity (Wildman–Crippen MR) is 102 cm³/mol. The predicted octanol–water partition coefficient (Wildman–Crippen LogP) is 2.47. The molecule has 2 aromatic carbocycles. The number of anilines is 1. The van der Waals surface area contributed by atoms with Gasteiger partial charge in [0.05, 0.1) is 18.4 Å². The highest BCUT2D eigenvalue weighted by Crippen LogP contribution is 2.34. The summed E-state index contributed by atoms with van der Waals surface area (Å²) in [5, 5.41) is 17.5. The first kappa shape index (κ1) is 19.7. The highest BCUT2D eigenvalue weighted by Gasteiger charge is 2.23. The maximum Gasteiger partial charge on any atom is 0.335 e. The average molecular weight is 420 g/mol. The summed E-state index contributed by atoms with van der Waals surface area (Å²) < 4.78 is 35.2. The summed E-state index contributed by atoms with van der Waals surface area (Å²) in [5.74, 6) is -1.20. The van der Waals surface area contributed by atoms with Gasteiger partial charge in [0.25, 0.3) is 10.0 Å². The van der Waals surface area contributed by atoms with Crippen LogP contribution in [0.2, 0.25) is 0 Å². The monoisotopic (exact) mass is 420 g/mol. The Kier molecular flexibility index (Phi) is 5.56. The number of aryl methyl sites for hydroxylation is 1. The molecule has 1 heterocycles. The van der Waals surface area contributed by atoms with E-state index >= 15 is 0 Å². The fourth-order valence-electron chi connectivity index (χ4n) is 2.32. The van der Waals surface area contributed by atoms with Crippen LogP contribution in [-0.2, 0) is 17.1 Å². The van der Waals surface area contributed by atoms with E-state index in [0.29, 0.717) is 15.7 Å². The van der Waals surface area contributed by atoms with E-state index in [1.165, 1.54) is 37.3 Å². The Hall–Kier alpha value is -3.05. The van der Waals surface area contributed by atoms with Gasteiger partial charge in [-0.2, -0.15) is 0 Å². The Morgan fingerprint density at radius 2 is 2.00 bits per heavy atom. The molecule has 0 aliphatic carbocycles. The molecule has 2 N–H and O–H groups in total. The molecule has 3 rings (SSSR count). The second-order valence-corrected chi connectivity index (χ2v) is 8.26. The number of hydrogen-bond donors (Lipinski definition) is 2. The van der Waals surface area contributed by atoms with Gasteiger partial charge < -0.3 is 14.4 Å². The third-order valence-corrected chi connectivity index (χ3v) is 6.22. The zero-order valence-corrected chi connectivity index (χ0v) is 16.5. The van der Waals surface area contributed by atoms with Crippen LogP contribution in [-0.4, -0.2) is 41.4 Å². The minimum Gasteiger partial charge on any atom is -0.495 e. The van der Waals surface area contributed by atoms with Crippen LogP contribution in [0.5, 0.6) is 5.75 Å². The molecule has 0 unspecified atom stereocenters. The molecule has 0 amide bonds. The van der Waals surface area contributed by atoms with Crippen LogP contribution >= 0.6 is 11.8 Å². The van der Waals surface area contributed by atoms with E-state index in [9.17, 15) is 13.2 Å². The van der Waals surface area contributed by atoms with Crippen LogP contribution in [0.3, 0.4) is 0 Å². The zero-order valence-electron chi connectivity index (χ0n) is 14.9. The van der Waals surface area contributed by atoms with Gasteiger partial charge in [-0.25, -0.2) is 13.2 Å². The van der Waals surface area contributed by atoms with Crippen molar-refractivity contribution in [1.82, 2.24) is 14.8 Å². The van der Waals surface area contributed by atoms with E-state index in [1.54, 1.807) is 35.9 Å². The zero-order chi connectivity index (χ0) is 20.3. The minimum atomic E-state index is -4.12. The molecule has 3 aromatic rings. The number of ether oxygens (including phenoxy) is 1. The molecule has 0 spiro atoms. The first-order valence-electron chi connectivity index (χ1n) is 7.87. The number of rotatable bonds is 7. The first-order valence-corrected chi connectivity index (χ1v) is 10.2. The third-order valence-electron chi connectivity index (χ3n) is 3.70. The smallest absolute Gasteiger partial charge is 0.335 e. The van der Waals surface area contributed by atoms with Crippen LogP contribution < -0.4 is 9.46 Å². The molecule has 1 aromatic heterocycles. The summed E-state index contributed by atoms with van der Waals surface area (Å²) in [5.41, 5.74) is 0.154. The van der Waals surface area contributed by atoms with Crippen molar-refractivity contribution in [2.75, 3.05) is 11.8 Å². The number of methoxy groups -OCH3 is 1. The van der Waals surface area contributed by atoms with E-state index in [1.807, 2.05) is 0 Å². The van der Waals surface area contributed by atoms with Crippen molar-refractivity contribution < 1.29 is 23.1 Å². The average Bonchev–Trinajstić information content (AvgIpc) is 3.07. The lowest BCUT2D eigenvalue weighted by atomic mass is 10.2. The van der Waals surface area contributed by atoms with Gasteiger partial charge in [-0.1, -0.05) is 12.1 Å². The van der Waals surface area contributed by atoms with E-state index in [4.69, 9.17) is 9.84 Å². The van der Waals surface area contributed by atoms with Crippen molar-refractivity contribution in [1.29, 1.82) is 0 Å². The summed E-state index contributed by atoms with van der Waals surface area (Å²) >= 11 is 1.24. The molecule has 11 heteroatoms. The van der Waals surface area contributed by atoms with Gasteiger partial charge >= 0.3 is 5.97 Å². The number of carboxylic acids is 1. The van der Waals surface area contributed by atoms with Gasteiger partial charge in [-0.3, -0.25) is 4.72 Å². The number of sulfonamides is 1. The molecule has 28 heavy (non-hydrogen) atoms. The van der Waals surface area contributed by atoms with E-state index in [0.717, 1.165) is 6.07 Å². The number of carboxylic acid groups (broad SMARTS) is 1. The fourth-order valence-corrected chi connectivity index (χ4v) is 4.51. The molecule has 0 aliphatic rings. The molecule has 0 radical (unpaired) electrons. The quantitative estimate of drug-likeness (QED) is 0.597. The lowest BCUT2D eigenvalue weighted by molar-refractivity contribution is 0.0696. The van der Waals surface area contributed by atoms with Crippen molar-refractivity contribution in [2.45, 2.75) is 14.9 Å². The third kappa shape index (κ3) is 4.10. The van der Waals surface area contributed by atoms with Crippen molar-refractivity contribution in [3.05, 3.63) is 54.4 Å². The van der Waals surface area contributed by atoms with Gasteiger partial charge in [0.2, 0.25) is 0 Å². The second kappa shape index (κ2) is 7.90. The summed E-state index contributed by atoms with van der Waals surface area (Å²) in [7, 11) is -1.03. The van der Waals surface area contributed by atoms with E-state index in [-0.39, 0.29) is 16.2 Å². The normalized spacial score (nSPS) is 11.2. The Morgan fingerprint density at radius 3 is 2.64 bits per heavy atom. The Labute approximate surface area is 165 Å². The molecule has 0 bridgehead atoms. The molecule has 9 nitrogen and oxygen atoms in total. The molecular formula is C17H16N4O5S2. The van der Waals surface area contributed by atoms with Gasteiger partial charge in [0, 0.05) is 11.9 Å². The van der Waals surface area contributed by atoms with Crippen LogP contribution in [0.15, 0.2) is 63.7 Å². The second-order valence-electron chi connectivity index (χ2n) is 5.60. The molecule has 0 saturated heterocycles. The standard InChI is InChI=1S/C17H16N4O5S2/c1-21-10-18-19-17(21)27-14-6-4-3-5-12(14)20-28(24,25)15-9-11(16(22)23)7-8-13(15)26-2/h3-10,20H,1-2H3,(H,22,23). The molecule has 0 fully saturated rings. The maximum absolute atomic E-state index is 13.0. The molecule has 0 aliphatic heterocycles. The van der Waals surface area contributed by atoms with Crippen molar-refractivity contribution >= 4 is 33.4 Å². The van der Waals surface area contributed by atoms with Crippen LogP contribution in [0, 0.1) is 0 Å². The number of hydrogen-bond acceptors (Lipinski definition) is 7. The minimum absolute atomic E-state index is 0.0379. The SMILES string of the molecule is COc1ccc(C(=O)O)cc1S(=O)(=O)Nc1ccccc1Sc1nncn1C. The molecule has 0 saturated carbocycles. The van der Waals surface area contributed by atoms with Crippen LogP contribution in [0.4, 0.5) is 5.69 Å². The van der Waals surface area contributed by atoms with Crippen LogP contribution in [0.25, 0.3) is 0 Å².